The van der Waals surface area contributed by atoms with Crippen molar-refractivity contribution in [1.29, 1.82) is 0 Å². The molecule has 1 N–H and O–H groups in total. The minimum atomic E-state index is -3.80. The van der Waals surface area contributed by atoms with Gasteiger partial charge in [-0.1, -0.05) is 13.0 Å². The first kappa shape index (κ1) is 17.2. The van der Waals surface area contributed by atoms with Gasteiger partial charge < -0.3 is 9.52 Å². The number of benzene rings is 1. The molecule has 0 aliphatic rings. The monoisotopic (exact) mass is 337 g/mol. The van der Waals surface area contributed by atoms with E-state index in [1.807, 2.05) is 6.92 Å². The zero-order valence-electron chi connectivity index (χ0n) is 13.2. The topological polar surface area (TPSA) is 87.8 Å². The van der Waals surface area contributed by atoms with E-state index in [0.29, 0.717) is 23.5 Å². The molecule has 0 saturated carbocycles. The second-order valence-corrected chi connectivity index (χ2v) is 7.30. The van der Waals surface area contributed by atoms with Gasteiger partial charge in [-0.3, -0.25) is 0 Å². The second-order valence-electron chi connectivity index (χ2n) is 5.25. The van der Waals surface area contributed by atoms with Crippen LogP contribution in [0, 0.1) is 6.92 Å². The van der Waals surface area contributed by atoms with E-state index >= 15 is 0 Å². The number of nitrogens with zero attached hydrogens (tertiary/aromatic N) is 1. The van der Waals surface area contributed by atoms with Crippen LogP contribution in [0.3, 0.4) is 0 Å². The summed E-state index contributed by atoms with van der Waals surface area (Å²) >= 11 is 0. The van der Waals surface area contributed by atoms with Crippen molar-refractivity contribution in [3.05, 3.63) is 53.0 Å². The van der Waals surface area contributed by atoms with Crippen LogP contribution in [0.25, 0.3) is 0 Å². The fourth-order valence-electron chi connectivity index (χ4n) is 2.28. The Kier molecular flexibility index (Phi) is 4.91. The predicted molar refractivity (Wildman–Crippen MR) is 84.9 cm³/mol. The molecule has 0 spiro atoms. The lowest BCUT2D eigenvalue weighted by molar-refractivity contribution is 0.0695. The van der Waals surface area contributed by atoms with Crippen LogP contribution >= 0.6 is 0 Å². The Bertz CT molecular complexity index is 823. The fraction of sp³-hybridized carbons (Fsp3) is 0.312. The van der Waals surface area contributed by atoms with E-state index in [2.05, 4.69) is 0 Å². The molecule has 1 aromatic heterocycles. The molecular formula is C16H19NO5S. The zero-order valence-corrected chi connectivity index (χ0v) is 14.1. The molecule has 0 aliphatic heterocycles. The Morgan fingerprint density at radius 2 is 1.96 bits per heavy atom. The van der Waals surface area contributed by atoms with E-state index in [-0.39, 0.29) is 17.0 Å². The molecule has 23 heavy (non-hydrogen) atoms. The van der Waals surface area contributed by atoms with E-state index < -0.39 is 16.0 Å². The summed E-state index contributed by atoms with van der Waals surface area (Å²) in [4.78, 5) is 11.3. The second kappa shape index (κ2) is 6.55. The van der Waals surface area contributed by atoms with Gasteiger partial charge in [0.25, 0.3) is 0 Å². The molecule has 7 heteroatoms. The summed E-state index contributed by atoms with van der Waals surface area (Å²) in [5, 5.41) is 9.24. The third kappa shape index (κ3) is 3.62. The Hall–Kier alpha value is -2.12. The summed E-state index contributed by atoms with van der Waals surface area (Å²) in [5.74, 6) is 0.0895. The van der Waals surface area contributed by atoms with Crippen LogP contribution in [0.4, 0.5) is 0 Å². The van der Waals surface area contributed by atoms with Gasteiger partial charge in [0.2, 0.25) is 10.0 Å². The van der Waals surface area contributed by atoms with Crippen LogP contribution < -0.4 is 0 Å². The molecule has 0 radical (unpaired) electrons. The summed E-state index contributed by atoms with van der Waals surface area (Å²) in [5.41, 5.74) is 0.608. The lowest BCUT2D eigenvalue weighted by Crippen LogP contribution is -2.26. The number of rotatable bonds is 6. The standard InChI is InChI=1S/C16H19NO5S/c1-4-12-6-8-14(9-15(12)16(18)19)23(20,21)17(3)10-13-7-5-11(2)22-13/h5-9H,4,10H2,1-3H3,(H,18,19). The van der Waals surface area contributed by atoms with Crippen molar-refractivity contribution in [2.24, 2.45) is 0 Å². The molecule has 0 aliphatic carbocycles. The number of carboxylic acids is 1. The Labute approximate surface area is 135 Å². The van der Waals surface area contributed by atoms with Gasteiger partial charge >= 0.3 is 5.97 Å². The van der Waals surface area contributed by atoms with Gasteiger partial charge in [0.1, 0.15) is 11.5 Å². The highest BCUT2D eigenvalue weighted by Crippen LogP contribution is 2.21. The molecule has 0 bridgehead atoms. The zero-order chi connectivity index (χ0) is 17.2. The fourth-order valence-corrected chi connectivity index (χ4v) is 3.44. The quantitative estimate of drug-likeness (QED) is 0.875. The van der Waals surface area contributed by atoms with Crippen LogP contribution in [0.1, 0.15) is 34.4 Å². The van der Waals surface area contributed by atoms with Gasteiger partial charge in [-0.2, -0.15) is 4.31 Å². The summed E-state index contributed by atoms with van der Waals surface area (Å²) < 4.78 is 31.7. The van der Waals surface area contributed by atoms with Crippen molar-refractivity contribution < 1.29 is 22.7 Å². The molecule has 1 heterocycles. The van der Waals surface area contributed by atoms with Crippen molar-refractivity contribution in [2.45, 2.75) is 31.7 Å². The first-order chi connectivity index (χ1) is 10.8. The minimum Gasteiger partial charge on any atom is -0.478 e. The molecule has 124 valence electrons. The average molecular weight is 337 g/mol. The van der Waals surface area contributed by atoms with Crippen molar-refractivity contribution >= 4 is 16.0 Å². The maximum atomic E-state index is 12.6. The van der Waals surface area contributed by atoms with E-state index in [0.717, 1.165) is 4.31 Å². The molecule has 0 saturated heterocycles. The Morgan fingerprint density at radius 3 is 2.48 bits per heavy atom. The normalized spacial score (nSPS) is 11.8. The van der Waals surface area contributed by atoms with Crippen LogP contribution in [0.2, 0.25) is 0 Å². The summed E-state index contributed by atoms with van der Waals surface area (Å²) in [6.45, 7) is 3.68. The Balaban J connectivity index is 2.35. The number of hydrogen-bond donors (Lipinski definition) is 1. The van der Waals surface area contributed by atoms with Gasteiger partial charge in [-0.05, 0) is 43.2 Å². The van der Waals surface area contributed by atoms with Crippen LogP contribution in [0.5, 0.6) is 0 Å². The van der Waals surface area contributed by atoms with Gasteiger partial charge in [0.05, 0.1) is 17.0 Å². The highest BCUT2D eigenvalue weighted by molar-refractivity contribution is 7.89. The number of sulfonamides is 1. The molecule has 2 rings (SSSR count). The Morgan fingerprint density at radius 1 is 1.26 bits per heavy atom. The number of aromatic carboxylic acids is 1. The molecular weight excluding hydrogens is 318 g/mol. The lowest BCUT2D eigenvalue weighted by atomic mass is 10.1. The first-order valence-electron chi connectivity index (χ1n) is 7.13. The van der Waals surface area contributed by atoms with Crippen molar-refractivity contribution in [3.63, 3.8) is 0 Å². The number of carboxylic acid groups (broad SMARTS) is 1. The SMILES string of the molecule is CCc1ccc(S(=O)(=O)N(C)Cc2ccc(C)o2)cc1C(=O)O. The maximum absolute atomic E-state index is 12.6. The van der Waals surface area contributed by atoms with Crippen molar-refractivity contribution in [1.82, 2.24) is 4.31 Å². The number of carbonyl (C=O) groups is 1. The number of aryl methyl sites for hydroxylation is 2. The first-order valence-corrected chi connectivity index (χ1v) is 8.57. The van der Waals surface area contributed by atoms with E-state index in [4.69, 9.17) is 4.42 Å². The summed E-state index contributed by atoms with van der Waals surface area (Å²) in [6.07, 6.45) is 0.517. The highest BCUT2D eigenvalue weighted by atomic mass is 32.2. The molecule has 1 aromatic carbocycles. The van der Waals surface area contributed by atoms with E-state index in [1.165, 1.54) is 19.2 Å². The molecule has 6 nitrogen and oxygen atoms in total. The number of furan rings is 1. The molecule has 0 unspecified atom stereocenters. The van der Waals surface area contributed by atoms with Crippen LogP contribution in [-0.2, 0) is 23.0 Å². The van der Waals surface area contributed by atoms with Crippen molar-refractivity contribution in [3.8, 4) is 0 Å². The largest absolute Gasteiger partial charge is 0.478 e. The van der Waals surface area contributed by atoms with Crippen LogP contribution in [0.15, 0.2) is 39.6 Å². The smallest absolute Gasteiger partial charge is 0.336 e. The molecule has 0 fully saturated rings. The van der Waals surface area contributed by atoms with E-state index in [1.54, 1.807) is 25.1 Å². The van der Waals surface area contributed by atoms with Crippen LogP contribution in [-0.4, -0.2) is 30.8 Å². The third-order valence-corrected chi connectivity index (χ3v) is 5.37. The van der Waals surface area contributed by atoms with Crippen molar-refractivity contribution in [2.75, 3.05) is 7.05 Å². The number of hydrogen-bond acceptors (Lipinski definition) is 4. The molecule has 2 aromatic rings. The summed E-state index contributed by atoms with van der Waals surface area (Å²) in [6, 6.07) is 7.66. The van der Waals surface area contributed by atoms with E-state index in [9.17, 15) is 18.3 Å². The highest BCUT2D eigenvalue weighted by Gasteiger charge is 2.24. The van der Waals surface area contributed by atoms with Gasteiger partial charge in [-0.15, -0.1) is 0 Å². The van der Waals surface area contributed by atoms with Gasteiger partial charge in [0, 0.05) is 7.05 Å². The third-order valence-electron chi connectivity index (χ3n) is 3.58. The molecule has 0 amide bonds. The maximum Gasteiger partial charge on any atom is 0.336 e. The molecule has 0 atom stereocenters. The predicted octanol–water partition coefficient (Wildman–Crippen LogP) is 2.67. The van der Waals surface area contributed by atoms with Gasteiger partial charge in [-0.25, -0.2) is 13.2 Å². The lowest BCUT2D eigenvalue weighted by Gasteiger charge is -2.17. The summed E-state index contributed by atoms with van der Waals surface area (Å²) in [7, 11) is -2.37. The average Bonchev–Trinajstić information content (AvgIpc) is 2.91. The minimum absolute atomic E-state index is 0.0100. The van der Waals surface area contributed by atoms with Gasteiger partial charge in [0.15, 0.2) is 0 Å².